The molecule has 1 aliphatic rings. The van der Waals surface area contributed by atoms with Crippen molar-refractivity contribution in [1.29, 1.82) is 0 Å². The third-order valence-electron chi connectivity index (χ3n) is 4.20. The molecule has 27 heavy (non-hydrogen) atoms. The third-order valence-corrected chi connectivity index (χ3v) is 4.20. The quantitative estimate of drug-likeness (QED) is 0.540. The predicted octanol–water partition coefficient (Wildman–Crippen LogP) is 2.18. The van der Waals surface area contributed by atoms with Crippen molar-refractivity contribution in [3.8, 4) is 5.75 Å². The van der Waals surface area contributed by atoms with E-state index in [0.29, 0.717) is 24.5 Å². The first kappa shape index (κ1) is 20.5. The molecule has 0 spiro atoms. The van der Waals surface area contributed by atoms with Gasteiger partial charge >= 0.3 is 6.03 Å². The normalized spacial score (nSPS) is 19.2. The summed E-state index contributed by atoms with van der Waals surface area (Å²) in [6.07, 6.45) is 0. The number of hydrogen-bond donors (Lipinski definition) is 2. The fourth-order valence-electron chi connectivity index (χ4n) is 2.64. The molecule has 4 amide bonds. The summed E-state index contributed by atoms with van der Waals surface area (Å²) in [5, 5.41) is 5.40. The van der Waals surface area contributed by atoms with E-state index in [4.69, 9.17) is 4.74 Å². The second-order valence-electron chi connectivity index (χ2n) is 7.41. The summed E-state index contributed by atoms with van der Waals surface area (Å²) in [5.41, 5.74) is 0.298. The van der Waals surface area contributed by atoms with Crippen molar-refractivity contribution < 1.29 is 19.1 Å². The van der Waals surface area contributed by atoms with Gasteiger partial charge in [0.1, 0.15) is 24.4 Å². The number of urea groups is 1. The standard InChI is InChI=1S/C20H27N3O4/c1-13(2)10-21-17(24)11-23-18(25)20(5,22-19(23)26)15-6-8-16(9-7-15)27-12-14(3)4/h6-9,13H,3,10-12H2,1-2,4-5H3,(H,21,24)(H,22,26). The highest BCUT2D eigenvalue weighted by Crippen LogP contribution is 2.30. The van der Waals surface area contributed by atoms with E-state index in [1.54, 1.807) is 31.2 Å². The summed E-state index contributed by atoms with van der Waals surface area (Å²) in [6.45, 7) is 11.8. The van der Waals surface area contributed by atoms with E-state index in [1.165, 1.54) is 0 Å². The van der Waals surface area contributed by atoms with Gasteiger partial charge in [0.2, 0.25) is 5.91 Å². The average molecular weight is 373 g/mol. The predicted molar refractivity (Wildman–Crippen MR) is 102 cm³/mol. The van der Waals surface area contributed by atoms with E-state index in [9.17, 15) is 14.4 Å². The Morgan fingerprint density at radius 2 is 1.93 bits per heavy atom. The van der Waals surface area contributed by atoms with E-state index >= 15 is 0 Å². The van der Waals surface area contributed by atoms with Crippen LogP contribution in [0.15, 0.2) is 36.4 Å². The molecule has 2 rings (SSSR count). The lowest BCUT2D eigenvalue weighted by molar-refractivity contribution is -0.134. The lowest BCUT2D eigenvalue weighted by Gasteiger charge is -2.22. The fraction of sp³-hybridized carbons (Fsp3) is 0.450. The van der Waals surface area contributed by atoms with Crippen LogP contribution in [0.3, 0.4) is 0 Å². The smallest absolute Gasteiger partial charge is 0.325 e. The summed E-state index contributed by atoms with van der Waals surface area (Å²) in [6, 6.07) is 6.36. The van der Waals surface area contributed by atoms with Gasteiger partial charge in [-0.3, -0.25) is 14.5 Å². The Bertz CT molecular complexity index is 742. The summed E-state index contributed by atoms with van der Waals surface area (Å²) >= 11 is 0. The van der Waals surface area contributed by atoms with Crippen LogP contribution >= 0.6 is 0 Å². The number of imide groups is 1. The number of benzene rings is 1. The summed E-state index contributed by atoms with van der Waals surface area (Å²) < 4.78 is 5.55. The number of ether oxygens (including phenoxy) is 1. The maximum Gasteiger partial charge on any atom is 0.325 e. The number of carbonyl (C=O) groups is 3. The van der Waals surface area contributed by atoms with Crippen molar-refractivity contribution in [2.75, 3.05) is 19.7 Å². The Morgan fingerprint density at radius 3 is 2.48 bits per heavy atom. The molecule has 0 aromatic heterocycles. The molecule has 0 aliphatic carbocycles. The average Bonchev–Trinajstić information content (AvgIpc) is 2.82. The molecule has 1 aromatic carbocycles. The molecule has 1 saturated heterocycles. The van der Waals surface area contributed by atoms with Gasteiger partial charge in [0.25, 0.3) is 5.91 Å². The highest BCUT2D eigenvalue weighted by atomic mass is 16.5. The number of nitrogens with one attached hydrogen (secondary N) is 2. The Morgan fingerprint density at radius 1 is 1.30 bits per heavy atom. The lowest BCUT2D eigenvalue weighted by Crippen LogP contribution is -2.43. The van der Waals surface area contributed by atoms with Crippen LogP contribution < -0.4 is 15.4 Å². The van der Waals surface area contributed by atoms with Gasteiger partial charge in [0.05, 0.1) is 0 Å². The monoisotopic (exact) mass is 373 g/mol. The van der Waals surface area contributed by atoms with Crippen molar-refractivity contribution in [3.63, 3.8) is 0 Å². The van der Waals surface area contributed by atoms with E-state index in [2.05, 4.69) is 17.2 Å². The van der Waals surface area contributed by atoms with Crippen molar-refractivity contribution in [3.05, 3.63) is 42.0 Å². The van der Waals surface area contributed by atoms with Crippen LogP contribution in [0.1, 0.15) is 33.3 Å². The van der Waals surface area contributed by atoms with Gasteiger partial charge in [-0.1, -0.05) is 32.6 Å². The van der Waals surface area contributed by atoms with Gasteiger partial charge < -0.3 is 15.4 Å². The Balaban J connectivity index is 2.09. The number of hydrogen-bond acceptors (Lipinski definition) is 4. The molecular formula is C20H27N3O4. The number of carbonyl (C=O) groups excluding carboxylic acids is 3. The molecule has 7 heteroatoms. The molecule has 1 unspecified atom stereocenters. The SMILES string of the molecule is C=C(C)COc1ccc(C2(C)NC(=O)N(CC(=O)NCC(C)C)C2=O)cc1. The minimum atomic E-state index is -1.22. The van der Waals surface area contributed by atoms with Crippen LogP contribution in [0.4, 0.5) is 4.79 Å². The second-order valence-corrected chi connectivity index (χ2v) is 7.41. The van der Waals surface area contributed by atoms with Crippen molar-refractivity contribution in [2.45, 2.75) is 33.2 Å². The fourth-order valence-corrected chi connectivity index (χ4v) is 2.64. The van der Waals surface area contributed by atoms with E-state index < -0.39 is 17.5 Å². The van der Waals surface area contributed by atoms with Gasteiger partial charge in [0, 0.05) is 6.54 Å². The van der Waals surface area contributed by atoms with Crippen molar-refractivity contribution in [1.82, 2.24) is 15.5 Å². The molecule has 1 heterocycles. The molecule has 1 aliphatic heterocycles. The molecular weight excluding hydrogens is 346 g/mol. The highest BCUT2D eigenvalue weighted by molar-refractivity contribution is 6.09. The zero-order valence-electron chi connectivity index (χ0n) is 16.3. The minimum absolute atomic E-state index is 0.285. The van der Waals surface area contributed by atoms with E-state index in [0.717, 1.165) is 10.5 Å². The summed E-state index contributed by atoms with van der Waals surface area (Å²) in [7, 11) is 0. The molecule has 0 saturated carbocycles. The molecule has 1 aromatic rings. The van der Waals surface area contributed by atoms with Crippen LogP contribution in [-0.4, -0.2) is 42.4 Å². The van der Waals surface area contributed by atoms with E-state index in [-0.39, 0.29) is 18.4 Å². The van der Waals surface area contributed by atoms with Crippen LogP contribution in [0.2, 0.25) is 0 Å². The zero-order valence-corrected chi connectivity index (χ0v) is 16.3. The molecule has 0 radical (unpaired) electrons. The molecule has 0 bridgehead atoms. The van der Waals surface area contributed by atoms with Gasteiger partial charge in [-0.25, -0.2) is 4.79 Å². The van der Waals surface area contributed by atoms with Crippen molar-refractivity contribution in [2.24, 2.45) is 5.92 Å². The Labute approximate surface area is 159 Å². The van der Waals surface area contributed by atoms with Crippen LogP contribution in [0.5, 0.6) is 5.75 Å². The molecule has 146 valence electrons. The lowest BCUT2D eigenvalue weighted by atomic mass is 9.92. The van der Waals surface area contributed by atoms with Crippen LogP contribution in [0, 0.1) is 5.92 Å². The third kappa shape index (κ3) is 4.87. The van der Waals surface area contributed by atoms with Gasteiger partial charge in [-0.15, -0.1) is 0 Å². The molecule has 7 nitrogen and oxygen atoms in total. The Kier molecular flexibility index (Phi) is 6.25. The van der Waals surface area contributed by atoms with E-state index in [1.807, 2.05) is 20.8 Å². The van der Waals surface area contributed by atoms with Gasteiger partial charge in [-0.05, 0) is 43.0 Å². The molecule has 1 fully saturated rings. The maximum atomic E-state index is 12.8. The topological polar surface area (TPSA) is 87.7 Å². The van der Waals surface area contributed by atoms with Crippen LogP contribution in [0.25, 0.3) is 0 Å². The first-order valence-electron chi connectivity index (χ1n) is 8.92. The molecule has 1 atom stereocenters. The number of rotatable bonds is 8. The second kappa shape index (κ2) is 8.24. The van der Waals surface area contributed by atoms with Gasteiger partial charge in [0.15, 0.2) is 0 Å². The first-order valence-corrected chi connectivity index (χ1v) is 8.92. The summed E-state index contributed by atoms with van der Waals surface area (Å²) in [4.78, 5) is 38.1. The van der Waals surface area contributed by atoms with Crippen molar-refractivity contribution >= 4 is 17.8 Å². The maximum absolute atomic E-state index is 12.8. The summed E-state index contributed by atoms with van der Waals surface area (Å²) in [5.74, 6) is 0.114. The highest BCUT2D eigenvalue weighted by Gasteiger charge is 2.49. The van der Waals surface area contributed by atoms with Crippen LogP contribution in [-0.2, 0) is 15.1 Å². The number of nitrogens with zero attached hydrogens (tertiary/aromatic N) is 1. The Hall–Kier alpha value is -2.83. The first-order chi connectivity index (χ1) is 12.6. The molecule has 2 N–H and O–H groups in total. The zero-order chi connectivity index (χ0) is 20.2. The number of amides is 4. The largest absolute Gasteiger partial charge is 0.489 e. The minimum Gasteiger partial charge on any atom is -0.489 e. The van der Waals surface area contributed by atoms with Gasteiger partial charge in [-0.2, -0.15) is 0 Å².